The standard InChI is InChI=1S/C30H37NO6/c1-17-10-9-13-22-26(33)19(3)18(2)25-23(16-21-11-7-6-8-12-21)31-28(35)30(22,25)24(37-20(4)32)14-15-29(5,36)27(17)34/h6-9,11-15,17,22-26,33,36H,10,16H2,1-5H3,(H,31,35)/b13-9-,15-14-/t17-,22+,23?,24+,25-,26+,29+,30-/m0/s1. The second kappa shape index (κ2) is 10.0. The van der Waals surface area contributed by atoms with Crippen LogP contribution in [0.3, 0.4) is 0 Å². The summed E-state index contributed by atoms with van der Waals surface area (Å²) in [5.41, 5.74) is -0.500. The molecule has 7 heteroatoms. The first-order valence-electron chi connectivity index (χ1n) is 12.9. The van der Waals surface area contributed by atoms with E-state index in [0.717, 1.165) is 16.7 Å². The Hall–Kier alpha value is -3.03. The molecule has 2 aliphatic carbocycles. The molecule has 8 atom stereocenters. The molecule has 1 heterocycles. The van der Waals surface area contributed by atoms with E-state index < -0.39 is 46.9 Å². The molecule has 0 saturated carbocycles. The van der Waals surface area contributed by atoms with E-state index >= 15 is 0 Å². The molecule has 3 aliphatic rings. The van der Waals surface area contributed by atoms with Crippen molar-refractivity contribution in [1.29, 1.82) is 0 Å². The van der Waals surface area contributed by atoms with Crippen molar-refractivity contribution in [1.82, 2.24) is 5.32 Å². The molecule has 1 spiro atoms. The summed E-state index contributed by atoms with van der Waals surface area (Å²) in [5.74, 6) is -2.92. The van der Waals surface area contributed by atoms with Crippen molar-refractivity contribution in [2.75, 3.05) is 0 Å². The fraction of sp³-hybridized carbons (Fsp3) is 0.500. The van der Waals surface area contributed by atoms with Gasteiger partial charge in [0.15, 0.2) is 5.78 Å². The zero-order valence-electron chi connectivity index (χ0n) is 22.1. The molecule has 1 aliphatic heterocycles. The first-order chi connectivity index (χ1) is 17.4. The number of rotatable bonds is 3. The number of aliphatic hydroxyl groups excluding tert-OH is 1. The molecule has 1 saturated heterocycles. The van der Waals surface area contributed by atoms with Crippen molar-refractivity contribution in [3.05, 3.63) is 71.3 Å². The molecule has 1 amide bonds. The van der Waals surface area contributed by atoms with Crippen molar-refractivity contribution in [2.45, 2.75) is 71.3 Å². The summed E-state index contributed by atoms with van der Waals surface area (Å²) >= 11 is 0. The van der Waals surface area contributed by atoms with Gasteiger partial charge in [-0.25, -0.2) is 0 Å². The largest absolute Gasteiger partial charge is 0.457 e. The number of aliphatic hydroxyl groups is 2. The minimum Gasteiger partial charge on any atom is -0.457 e. The number of ketones is 1. The van der Waals surface area contributed by atoms with Gasteiger partial charge < -0.3 is 20.3 Å². The highest BCUT2D eigenvalue weighted by Crippen LogP contribution is 2.57. The van der Waals surface area contributed by atoms with Crippen molar-refractivity contribution < 1.29 is 29.3 Å². The van der Waals surface area contributed by atoms with Gasteiger partial charge >= 0.3 is 5.97 Å². The predicted molar refractivity (Wildman–Crippen MR) is 139 cm³/mol. The van der Waals surface area contributed by atoms with Crippen LogP contribution in [0.2, 0.25) is 0 Å². The lowest BCUT2D eigenvalue weighted by Crippen LogP contribution is -2.58. The lowest BCUT2D eigenvalue weighted by molar-refractivity contribution is -0.161. The van der Waals surface area contributed by atoms with Crippen LogP contribution in [0.5, 0.6) is 0 Å². The maximum absolute atomic E-state index is 14.2. The van der Waals surface area contributed by atoms with Crippen molar-refractivity contribution in [3.8, 4) is 0 Å². The van der Waals surface area contributed by atoms with Crippen LogP contribution in [0.25, 0.3) is 0 Å². The van der Waals surface area contributed by atoms with E-state index in [1.165, 1.54) is 26.0 Å². The topological polar surface area (TPSA) is 113 Å². The van der Waals surface area contributed by atoms with Crippen LogP contribution in [-0.2, 0) is 25.5 Å². The highest BCUT2D eigenvalue weighted by Gasteiger charge is 2.67. The summed E-state index contributed by atoms with van der Waals surface area (Å²) in [6.07, 6.45) is 5.17. The summed E-state index contributed by atoms with van der Waals surface area (Å²) in [6, 6.07) is 9.52. The number of esters is 1. The molecular weight excluding hydrogens is 470 g/mol. The number of carbonyl (C=O) groups excluding carboxylic acids is 3. The van der Waals surface area contributed by atoms with Crippen LogP contribution in [0.1, 0.15) is 46.6 Å². The van der Waals surface area contributed by atoms with Gasteiger partial charge in [0.2, 0.25) is 5.91 Å². The van der Waals surface area contributed by atoms with Gasteiger partial charge in [0, 0.05) is 30.7 Å². The van der Waals surface area contributed by atoms with Crippen LogP contribution in [0.4, 0.5) is 0 Å². The molecule has 1 aromatic rings. The number of carbonyl (C=O) groups is 3. The molecule has 1 fully saturated rings. The number of nitrogens with one attached hydrogen (secondary N) is 1. The average Bonchev–Trinajstić information content (AvgIpc) is 3.13. The highest BCUT2D eigenvalue weighted by atomic mass is 16.5. The molecule has 0 aromatic heterocycles. The van der Waals surface area contributed by atoms with Gasteiger partial charge in [-0.05, 0) is 56.9 Å². The Kier molecular flexibility index (Phi) is 7.32. The van der Waals surface area contributed by atoms with Crippen molar-refractivity contribution in [2.24, 2.45) is 23.2 Å². The quantitative estimate of drug-likeness (QED) is 0.428. The number of amides is 1. The van der Waals surface area contributed by atoms with E-state index in [9.17, 15) is 24.6 Å². The molecule has 0 radical (unpaired) electrons. The maximum Gasteiger partial charge on any atom is 0.303 e. The monoisotopic (exact) mass is 507 g/mol. The third kappa shape index (κ3) is 4.59. The summed E-state index contributed by atoms with van der Waals surface area (Å²) in [6.45, 7) is 8.20. The summed E-state index contributed by atoms with van der Waals surface area (Å²) in [4.78, 5) is 39.5. The van der Waals surface area contributed by atoms with Crippen molar-refractivity contribution >= 4 is 17.7 Å². The lowest BCUT2D eigenvalue weighted by Gasteiger charge is -2.49. The molecule has 198 valence electrons. The number of Topliss-reactive ketones (excluding diaryl/α,β-unsaturated/α-hetero) is 1. The fourth-order valence-corrected chi connectivity index (χ4v) is 6.54. The average molecular weight is 508 g/mol. The van der Waals surface area contributed by atoms with E-state index in [2.05, 4.69) is 5.32 Å². The number of benzene rings is 1. The second-order valence-electron chi connectivity index (χ2n) is 11.0. The van der Waals surface area contributed by atoms with Gasteiger partial charge in [-0.1, -0.05) is 55.0 Å². The normalized spacial score (nSPS) is 39.6. The molecule has 7 nitrogen and oxygen atoms in total. The molecule has 37 heavy (non-hydrogen) atoms. The summed E-state index contributed by atoms with van der Waals surface area (Å²) in [7, 11) is 0. The second-order valence-corrected chi connectivity index (χ2v) is 11.0. The van der Waals surface area contributed by atoms with E-state index in [1.807, 2.05) is 44.2 Å². The van der Waals surface area contributed by atoms with Crippen molar-refractivity contribution in [3.63, 3.8) is 0 Å². The molecular formula is C30H37NO6. The summed E-state index contributed by atoms with van der Waals surface area (Å²) < 4.78 is 5.82. The Labute approximate surface area is 218 Å². The smallest absolute Gasteiger partial charge is 0.303 e. The lowest BCUT2D eigenvalue weighted by atomic mass is 9.54. The zero-order chi connectivity index (χ0) is 27.1. The molecule has 3 N–H and O–H groups in total. The number of hydrogen-bond donors (Lipinski definition) is 3. The van der Waals surface area contributed by atoms with Crippen LogP contribution < -0.4 is 5.32 Å². The van der Waals surface area contributed by atoms with Gasteiger partial charge in [0.1, 0.15) is 17.1 Å². The third-order valence-electron chi connectivity index (χ3n) is 8.49. The highest BCUT2D eigenvalue weighted by molar-refractivity contribution is 5.91. The molecule has 1 aromatic carbocycles. The SMILES string of the molecule is CC(=O)O[C@@H]1/C=C\[C@@](C)(O)C(=O)[C@@H](C)C/C=C\[C@@H]2[C@H](O)C(C)=C(C)[C@H]3C(Cc4ccccc4)NC(=O)[C@@]213. The van der Waals surface area contributed by atoms with Crippen LogP contribution in [-0.4, -0.2) is 51.7 Å². The Balaban J connectivity index is 1.96. The first-order valence-corrected chi connectivity index (χ1v) is 12.9. The minimum atomic E-state index is -1.82. The Morgan fingerprint density at radius 3 is 2.46 bits per heavy atom. The third-order valence-corrected chi connectivity index (χ3v) is 8.49. The number of allylic oxidation sites excluding steroid dienone is 1. The summed E-state index contributed by atoms with van der Waals surface area (Å²) in [5, 5.41) is 25.7. The van der Waals surface area contributed by atoms with Gasteiger partial charge in [0.05, 0.1) is 6.10 Å². The van der Waals surface area contributed by atoms with Crippen LogP contribution in [0, 0.1) is 23.2 Å². The minimum absolute atomic E-state index is 0.314. The van der Waals surface area contributed by atoms with E-state index in [-0.39, 0.29) is 17.7 Å². The van der Waals surface area contributed by atoms with Crippen LogP contribution >= 0.6 is 0 Å². The zero-order valence-corrected chi connectivity index (χ0v) is 22.1. The van der Waals surface area contributed by atoms with Gasteiger partial charge in [-0.15, -0.1) is 0 Å². The molecule has 0 bridgehead atoms. The fourth-order valence-electron chi connectivity index (χ4n) is 6.54. The predicted octanol–water partition coefficient (Wildman–Crippen LogP) is 3.06. The van der Waals surface area contributed by atoms with Crippen LogP contribution in [0.15, 0.2) is 65.8 Å². The Bertz CT molecular complexity index is 1170. The van der Waals surface area contributed by atoms with Gasteiger partial charge in [0.25, 0.3) is 0 Å². The van der Waals surface area contributed by atoms with Gasteiger partial charge in [-0.3, -0.25) is 14.4 Å². The first kappa shape index (κ1) is 27.0. The Morgan fingerprint density at radius 1 is 1.14 bits per heavy atom. The molecule has 1 unspecified atom stereocenters. The Morgan fingerprint density at radius 2 is 1.81 bits per heavy atom. The van der Waals surface area contributed by atoms with E-state index in [1.54, 1.807) is 19.1 Å². The number of ether oxygens (including phenoxy) is 1. The van der Waals surface area contributed by atoms with Gasteiger partial charge in [-0.2, -0.15) is 0 Å². The van der Waals surface area contributed by atoms with E-state index in [4.69, 9.17) is 4.74 Å². The van der Waals surface area contributed by atoms with E-state index in [0.29, 0.717) is 12.8 Å². The molecule has 4 rings (SSSR count). The maximum atomic E-state index is 14.2. The number of hydrogen-bond acceptors (Lipinski definition) is 6.